The van der Waals surface area contributed by atoms with Crippen molar-refractivity contribution in [2.24, 2.45) is 0 Å². The molecule has 0 aliphatic heterocycles. The summed E-state index contributed by atoms with van der Waals surface area (Å²) in [4.78, 5) is 22.2. The molecule has 1 amide bonds. The fraction of sp³-hybridized carbons (Fsp3) is 0.133. The minimum Gasteiger partial charge on any atom is -0.484 e. The zero-order valence-corrected chi connectivity index (χ0v) is 13.3. The van der Waals surface area contributed by atoms with Crippen LogP contribution >= 0.6 is 15.9 Å². The minimum absolute atomic E-state index is 0.0355. The van der Waals surface area contributed by atoms with Crippen molar-refractivity contribution in [2.45, 2.75) is 6.92 Å². The van der Waals surface area contributed by atoms with Gasteiger partial charge in [-0.1, -0.05) is 22.0 Å². The van der Waals surface area contributed by atoms with Crippen LogP contribution in [-0.4, -0.2) is 17.4 Å². The lowest BCUT2D eigenvalue weighted by Crippen LogP contribution is -2.20. The van der Waals surface area contributed by atoms with E-state index in [4.69, 9.17) is 4.74 Å². The van der Waals surface area contributed by atoms with E-state index in [0.29, 0.717) is 17.0 Å². The van der Waals surface area contributed by atoms with E-state index >= 15 is 0 Å². The molecule has 0 saturated heterocycles. The van der Waals surface area contributed by atoms with Gasteiger partial charge in [0, 0.05) is 21.8 Å². The van der Waals surface area contributed by atoms with Crippen LogP contribution in [0.5, 0.6) is 5.75 Å². The van der Waals surface area contributed by atoms with Crippen molar-refractivity contribution < 1.29 is 14.5 Å². The second-order valence-electron chi connectivity index (χ2n) is 4.55. The molecule has 6 nitrogen and oxygen atoms in total. The third kappa shape index (κ3) is 4.29. The van der Waals surface area contributed by atoms with Crippen molar-refractivity contribution >= 4 is 33.2 Å². The van der Waals surface area contributed by atoms with Crippen LogP contribution in [0.1, 0.15) is 5.56 Å². The van der Waals surface area contributed by atoms with Gasteiger partial charge in [0.1, 0.15) is 5.75 Å². The molecule has 2 rings (SSSR count). The number of hydrogen-bond donors (Lipinski definition) is 1. The van der Waals surface area contributed by atoms with E-state index in [2.05, 4.69) is 21.2 Å². The normalized spacial score (nSPS) is 10.1. The number of ether oxygens (including phenoxy) is 1. The molecule has 0 saturated carbocycles. The average Bonchev–Trinajstić information content (AvgIpc) is 2.48. The number of nitrogens with one attached hydrogen (secondary N) is 1. The van der Waals surface area contributed by atoms with Crippen molar-refractivity contribution in [1.82, 2.24) is 0 Å². The van der Waals surface area contributed by atoms with Crippen molar-refractivity contribution in [2.75, 3.05) is 11.9 Å². The van der Waals surface area contributed by atoms with Crippen LogP contribution in [0.3, 0.4) is 0 Å². The molecule has 114 valence electrons. The number of nitro groups is 1. The number of aryl methyl sites for hydroxylation is 1. The summed E-state index contributed by atoms with van der Waals surface area (Å²) in [6.07, 6.45) is 0. The zero-order chi connectivity index (χ0) is 16.1. The highest BCUT2D eigenvalue weighted by atomic mass is 79.9. The van der Waals surface area contributed by atoms with Gasteiger partial charge in [-0.25, -0.2) is 0 Å². The molecule has 0 aromatic heterocycles. The number of halogens is 1. The number of nitrogens with zero attached hydrogens (tertiary/aromatic N) is 1. The molecule has 2 aromatic rings. The molecule has 22 heavy (non-hydrogen) atoms. The number of hydrogen-bond acceptors (Lipinski definition) is 4. The topological polar surface area (TPSA) is 81.5 Å². The Morgan fingerprint density at radius 1 is 1.27 bits per heavy atom. The quantitative estimate of drug-likeness (QED) is 0.647. The van der Waals surface area contributed by atoms with Crippen LogP contribution in [0, 0.1) is 17.0 Å². The van der Waals surface area contributed by atoms with Crippen LogP contribution in [0.2, 0.25) is 0 Å². The predicted octanol–water partition coefficient (Wildman–Crippen LogP) is 3.68. The maximum atomic E-state index is 11.8. The Balaban J connectivity index is 1.96. The lowest BCUT2D eigenvalue weighted by molar-refractivity contribution is -0.385. The summed E-state index contributed by atoms with van der Waals surface area (Å²) in [7, 11) is 0. The molecule has 0 heterocycles. The number of benzene rings is 2. The molecule has 7 heteroatoms. The van der Waals surface area contributed by atoms with Gasteiger partial charge in [-0.05, 0) is 37.3 Å². The number of nitro benzene ring substituents is 1. The van der Waals surface area contributed by atoms with Crippen molar-refractivity contribution in [3.05, 3.63) is 62.6 Å². The first-order valence-corrected chi connectivity index (χ1v) is 7.18. The smallest absolute Gasteiger partial charge is 0.274 e. The summed E-state index contributed by atoms with van der Waals surface area (Å²) in [6.45, 7) is 1.46. The second kappa shape index (κ2) is 7.04. The number of carbonyl (C=O) groups excluding carboxylic acids is 1. The van der Waals surface area contributed by atoms with E-state index in [1.807, 2.05) is 0 Å². The molecule has 0 aliphatic rings. The lowest BCUT2D eigenvalue weighted by atomic mass is 10.2. The summed E-state index contributed by atoms with van der Waals surface area (Å²) in [6, 6.07) is 11.6. The summed E-state index contributed by atoms with van der Waals surface area (Å²) in [5, 5.41) is 13.4. The molecule has 0 radical (unpaired) electrons. The second-order valence-corrected chi connectivity index (χ2v) is 5.46. The minimum atomic E-state index is -0.483. The van der Waals surface area contributed by atoms with Crippen molar-refractivity contribution in [1.29, 1.82) is 0 Å². The number of carbonyl (C=O) groups is 1. The van der Waals surface area contributed by atoms with Gasteiger partial charge in [-0.2, -0.15) is 0 Å². The molecular formula is C15H13BrN2O4. The molecule has 0 aliphatic carbocycles. The maximum absolute atomic E-state index is 11.8. The zero-order valence-electron chi connectivity index (χ0n) is 11.7. The third-order valence-electron chi connectivity index (χ3n) is 2.87. The SMILES string of the molecule is Cc1ccc(NC(=O)COc2ccc(Br)cc2)cc1[N+](=O)[O-]. The first-order chi connectivity index (χ1) is 10.5. The Kier molecular flexibility index (Phi) is 5.11. The molecule has 0 unspecified atom stereocenters. The summed E-state index contributed by atoms with van der Waals surface area (Å²) in [5.74, 6) is 0.175. The first-order valence-electron chi connectivity index (χ1n) is 6.39. The van der Waals surface area contributed by atoms with Gasteiger partial charge in [-0.3, -0.25) is 14.9 Å². The lowest BCUT2D eigenvalue weighted by Gasteiger charge is -2.08. The Morgan fingerprint density at radius 2 is 1.95 bits per heavy atom. The predicted molar refractivity (Wildman–Crippen MR) is 86.1 cm³/mol. The standard InChI is InChI=1S/C15H13BrN2O4/c1-10-2-5-12(8-14(10)18(20)21)17-15(19)9-22-13-6-3-11(16)4-7-13/h2-8H,9H2,1H3,(H,17,19). The van der Waals surface area contributed by atoms with Gasteiger partial charge in [0.05, 0.1) is 4.92 Å². The molecule has 0 atom stereocenters. The molecule has 0 spiro atoms. The van der Waals surface area contributed by atoms with E-state index in [-0.39, 0.29) is 18.2 Å². The molecule has 0 bridgehead atoms. The fourth-order valence-corrected chi connectivity index (χ4v) is 2.02. The largest absolute Gasteiger partial charge is 0.484 e. The molecular weight excluding hydrogens is 352 g/mol. The Labute approximate surface area is 135 Å². The van der Waals surface area contributed by atoms with Gasteiger partial charge in [0.2, 0.25) is 0 Å². The average molecular weight is 365 g/mol. The summed E-state index contributed by atoms with van der Waals surface area (Å²) >= 11 is 3.30. The highest BCUT2D eigenvalue weighted by Crippen LogP contribution is 2.22. The Bertz CT molecular complexity index is 701. The fourth-order valence-electron chi connectivity index (χ4n) is 1.76. The maximum Gasteiger partial charge on any atom is 0.274 e. The molecule has 2 aromatic carbocycles. The van der Waals surface area contributed by atoms with Crippen LogP contribution in [0.25, 0.3) is 0 Å². The monoisotopic (exact) mass is 364 g/mol. The Morgan fingerprint density at radius 3 is 2.59 bits per heavy atom. The van der Waals surface area contributed by atoms with Gasteiger partial charge in [0.15, 0.2) is 6.61 Å². The Hall–Kier alpha value is -2.41. The van der Waals surface area contributed by atoms with Gasteiger partial charge < -0.3 is 10.1 Å². The molecule has 1 N–H and O–H groups in total. The van der Waals surface area contributed by atoms with E-state index in [1.165, 1.54) is 6.07 Å². The summed E-state index contributed by atoms with van der Waals surface area (Å²) < 4.78 is 6.24. The highest BCUT2D eigenvalue weighted by Gasteiger charge is 2.12. The van der Waals surface area contributed by atoms with E-state index in [0.717, 1.165) is 4.47 Å². The highest BCUT2D eigenvalue weighted by molar-refractivity contribution is 9.10. The van der Waals surface area contributed by atoms with E-state index in [1.54, 1.807) is 43.3 Å². The van der Waals surface area contributed by atoms with Crippen molar-refractivity contribution in [3.8, 4) is 5.75 Å². The van der Waals surface area contributed by atoms with Gasteiger partial charge in [0.25, 0.3) is 11.6 Å². The van der Waals surface area contributed by atoms with Crippen molar-refractivity contribution in [3.63, 3.8) is 0 Å². The van der Waals surface area contributed by atoms with Gasteiger partial charge >= 0.3 is 0 Å². The number of rotatable bonds is 5. The van der Waals surface area contributed by atoms with Crippen LogP contribution in [0.15, 0.2) is 46.9 Å². The van der Waals surface area contributed by atoms with Gasteiger partial charge in [-0.15, -0.1) is 0 Å². The molecule has 0 fully saturated rings. The summed E-state index contributed by atoms with van der Waals surface area (Å²) in [5.41, 5.74) is 0.863. The first kappa shape index (κ1) is 16.0. The van der Waals surface area contributed by atoms with E-state index < -0.39 is 4.92 Å². The number of anilines is 1. The van der Waals surface area contributed by atoms with Crippen LogP contribution < -0.4 is 10.1 Å². The van der Waals surface area contributed by atoms with Crippen LogP contribution in [-0.2, 0) is 4.79 Å². The number of amides is 1. The third-order valence-corrected chi connectivity index (χ3v) is 3.40. The van der Waals surface area contributed by atoms with E-state index in [9.17, 15) is 14.9 Å². The van der Waals surface area contributed by atoms with Crippen LogP contribution in [0.4, 0.5) is 11.4 Å².